The molecule has 1 aromatic heterocycles. The Labute approximate surface area is 245 Å². The molecule has 0 bridgehead atoms. The van der Waals surface area contributed by atoms with Crippen LogP contribution in [0.1, 0.15) is 73.3 Å². The first-order valence-electron chi connectivity index (χ1n) is 14.9. The molecule has 0 spiro atoms. The minimum Gasteiger partial charge on any atom is -0.481 e. The Morgan fingerprint density at radius 2 is 1.79 bits per heavy atom. The molecule has 2 atom stereocenters. The molecule has 3 heterocycles. The number of rotatable bonds is 9. The summed E-state index contributed by atoms with van der Waals surface area (Å²) in [6.07, 6.45) is 8.99. The van der Waals surface area contributed by atoms with E-state index in [9.17, 15) is 24.3 Å². The summed E-state index contributed by atoms with van der Waals surface area (Å²) in [5.74, 6) is -1.58. The number of carboxylic acids is 1. The minimum atomic E-state index is -1.04. The lowest BCUT2D eigenvalue weighted by molar-refractivity contribution is -0.141. The second-order valence-corrected chi connectivity index (χ2v) is 11.3. The number of ether oxygens (including phenoxy) is 1. The van der Waals surface area contributed by atoms with Crippen LogP contribution in [0.4, 0.5) is 11.4 Å². The lowest BCUT2D eigenvalue weighted by Gasteiger charge is -2.38. The van der Waals surface area contributed by atoms with Crippen molar-refractivity contribution >= 4 is 35.1 Å². The highest BCUT2D eigenvalue weighted by atomic mass is 16.5. The van der Waals surface area contributed by atoms with Gasteiger partial charge in [-0.25, -0.2) is 0 Å². The highest BCUT2D eigenvalue weighted by Gasteiger charge is 2.31. The van der Waals surface area contributed by atoms with Gasteiger partial charge in [0.15, 0.2) is 0 Å². The van der Waals surface area contributed by atoms with E-state index in [1.807, 2.05) is 11.0 Å². The number of carboxylic acid groups (broad SMARTS) is 1. The molecule has 224 valence electrons. The number of piperazine rings is 1. The summed E-state index contributed by atoms with van der Waals surface area (Å²) in [7, 11) is 0. The van der Waals surface area contributed by atoms with E-state index in [1.54, 1.807) is 30.5 Å². The molecule has 3 N–H and O–H groups in total. The molecule has 1 aliphatic carbocycles. The standard InChI is InChI=1S/C31H39N5O6/c37-28(38)19-24(23-8-4-12-32-20-23)33-30(40)22-10-11-26(25(18-22)34-29(39)21-6-2-1-3-7-21)35-13-15-36(16-14-35)31(41)27-9-5-17-42-27/h4,8,10-12,18,20-21,24,27H,1-3,5-7,9,13-17,19H2,(H,33,40)(H,34,39)(H,37,38). The zero-order chi connectivity index (χ0) is 29.5. The number of aliphatic carboxylic acids is 1. The molecule has 1 saturated carbocycles. The number of carbonyl (C=O) groups is 4. The van der Waals surface area contributed by atoms with E-state index in [-0.39, 0.29) is 30.3 Å². The molecule has 5 rings (SSSR count). The van der Waals surface area contributed by atoms with Crippen LogP contribution in [-0.4, -0.2) is 77.6 Å². The molecule has 2 aromatic rings. The summed E-state index contributed by atoms with van der Waals surface area (Å²) in [5.41, 5.74) is 2.22. The third-order valence-corrected chi connectivity index (χ3v) is 8.40. The van der Waals surface area contributed by atoms with Crippen molar-refractivity contribution in [3.05, 3.63) is 53.9 Å². The summed E-state index contributed by atoms with van der Waals surface area (Å²) in [6.45, 7) is 2.87. The zero-order valence-electron chi connectivity index (χ0n) is 23.8. The van der Waals surface area contributed by atoms with E-state index in [4.69, 9.17) is 4.74 Å². The summed E-state index contributed by atoms with van der Waals surface area (Å²) in [6, 6.07) is 7.82. The van der Waals surface area contributed by atoms with Crippen molar-refractivity contribution in [2.45, 2.75) is 63.5 Å². The Hall–Kier alpha value is -3.99. The number of anilines is 2. The minimum absolute atomic E-state index is 0.0366. The van der Waals surface area contributed by atoms with Crippen LogP contribution in [0.3, 0.4) is 0 Å². The predicted octanol–water partition coefficient (Wildman–Crippen LogP) is 3.37. The third-order valence-electron chi connectivity index (χ3n) is 8.40. The largest absolute Gasteiger partial charge is 0.481 e. The maximum absolute atomic E-state index is 13.4. The van der Waals surface area contributed by atoms with Gasteiger partial charge >= 0.3 is 5.97 Å². The van der Waals surface area contributed by atoms with E-state index in [1.165, 1.54) is 6.20 Å². The van der Waals surface area contributed by atoms with Crippen LogP contribution in [0.15, 0.2) is 42.7 Å². The van der Waals surface area contributed by atoms with Crippen LogP contribution in [0, 0.1) is 5.92 Å². The molecular formula is C31H39N5O6. The van der Waals surface area contributed by atoms with Gasteiger partial charge in [-0.15, -0.1) is 0 Å². The molecule has 2 saturated heterocycles. The number of pyridine rings is 1. The maximum atomic E-state index is 13.4. The SMILES string of the molecule is O=C(O)CC(NC(=O)c1ccc(N2CCN(C(=O)C3CCCO3)CC2)c(NC(=O)C2CCCCC2)c1)c1cccnc1. The third kappa shape index (κ3) is 7.25. The number of nitrogens with zero attached hydrogens (tertiary/aromatic N) is 3. The fraction of sp³-hybridized carbons (Fsp3) is 0.516. The first-order chi connectivity index (χ1) is 20.4. The molecule has 3 amide bonds. The van der Waals surface area contributed by atoms with Crippen LogP contribution < -0.4 is 15.5 Å². The van der Waals surface area contributed by atoms with Gasteiger partial charge in [0.25, 0.3) is 11.8 Å². The topological polar surface area (TPSA) is 141 Å². The van der Waals surface area contributed by atoms with Gasteiger partial charge in [-0.3, -0.25) is 24.2 Å². The molecule has 42 heavy (non-hydrogen) atoms. The lowest BCUT2D eigenvalue weighted by atomic mass is 9.88. The number of aromatic nitrogens is 1. The van der Waals surface area contributed by atoms with Gasteiger partial charge in [0.1, 0.15) is 6.10 Å². The Morgan fingerprint density at radius 1 is 1.00 bits per heavy atom. The number of hydrogen-bond donors (Lipinski definition) is 3. The fourth-order valence-electron chi connectivity index (χ4n) is 6.05. The Kier molecular flexibility index (Phi) is 9.68. The van der Waals surface area contributed by atoms with Gasteiger partial charge in [-0.1, -0.05) is 25.3 Å². The first-order valence-corrected chi connectivity index (χ1v) is 14.9. The molecule has 0 radical (unpaired) electrons. The molecule has 2 aliphatic heterocycles. The molecule has 11 heteroatoms. The molecule has 1 aromatic carbocycles. The zero-order valence-corrected chi connectivity index (χ0v) is 23.8. The number of hydrogen-bond acceptors (Lipinski definition) is 7. The molecule has 11 nitrogen and oxygen atoms in total. The van der Waals surface area contributed by atoms with Crippen molar-refractivity contribution in [3.8, 4) is 0 Å². The average molecular weight is 578 g/mol. The van der Waals surface area contributed by atoms with Gasteiger partial charge < -0.3 is 30.3 Å². The van der Waals surface area contributed by atoms with E-state index in [0.717, 1.165) is 50.6 Å². The smallest absolute Gasteiger partial charge is 0.305 e. The molecular weight excluding hydrogens is 538 g/mol. The number of carbonyl (C=O) groups excluding carboxylic acids is 3. The van der Waals surface area contributed by atoms with E-state index in [0.29, 0.717) is 49.6 Å². The number of nitrogens with one attached hydrogen (secondary N) is 2. The maximum Gasteiger partial charge on any atom is 0.305 e. The van der Waals surface area contributed by atoms with Crippen LogP contribution in [-0.2, 0) is 19.1 Å². The second kappa shape index (κ2) is 13.8. The van der Waals surface area contributed by atoms with Crippen LogP contribution in [0.25, 0.3) is 0 Å². The Balaban J connectivity index is 1.34. The quantitative estimate of drug-likeness (QED) is 0.412. The first kappa shape index (κ1) is 29.5. The van der Waals surface area contributed by atoms with Gasteiger partial charge in [-0.2, -0.15) is 0 Å². The highest BCUT2D eigenvalue weighted by molar-refractivity contribution is 6.01. The number of amides is 3. The van der Waals surface area contributed by atoms with Gasteiger partial charge in [0.2, 0.25) is 5.91 Å². The summed E-state index contributed by atoms with van der Waals surface area (Å²) < 4.78 is 5.59. The molecule has 3 aliphatic rings. The van der Waals surface area contributed by atoms with Gasteiger partial charge in [0, 0.05) is 56.7 Å². The molecule has 2 unspecified atom stereocenters. The van der Waals surface area contributed by atoms with Gasteiger partial charge in [-0.05, 0) is 55.5 Å². The van der Waals surface area contributed by atoms with Crippen LogP contribution in [0.5, 0.6) is 0 Å². The number of benzene rings is 1. The van der Waals surface area contributed by atoms with Crippen molar-refractivity contribution in [1.82, 2.24) is 15.2 Å². The van der Waals surface area contributed by atoms with Gasteiger partial charge in [0.05, 0.1) is 23.8 Å². The molecule has 3 fully saturated rings. The van der Waals surface area contributed by atoms with E-state index < -0.39 is 17.9 Å². The predicted molar refractivity (Wildman–Crippen MR) is 156 cm³/mol. The Morgan fingerprint density at radius 3 is 2.45 bits per heavy atom. The highest BCUT2D eigenvalue weighted by Crippen LogP contribution is 2.32. The van der Waals surface area contributed by atoms with Crippen LogP contribution in [0.2, 0.25) is 0 Å². The summed E-state index contributed by atoms with van der Waals surface area (Å²) >= 11 is 0. The summed E-state index contributed by atoms with van der Waals surface area (Å²) in [5, 5.41) is 15.4. The summed E-state index contributed by atoms with van der Waals surface area (Å²) in [4.78, 5) is 59.1. The van der Waals surface area contributed by atoms with Crippen molar-refractivity contribution in [2.75, 3.05) is 43.0 Å². The Bertz CT molecular complexity index is 1270. The monoisotopic (exact) mass is 577 g/mol. The lowest BCUT2D eigenvalue weighted by Crippen LogP contribution is -2.51. The average Bonchev–Trinajstić information content (AvgIpc) is 3.56. The fourth-order valence-corrected chi connectivity index (χ4v) is 6.05. The van der Waals surface area contributed by atoms with Crippen molar-refractivity contribution in [3.63, 3.8) is 0 Å². The van der Waals surface area contributed by atoms with E-state index in [2.05, 4.69) is 20.5 Å². The van der Waals surface area contributed by atoms with Crippen molar-refractivity contribution in [2.24, 2.45) is 5.92 Å². The second-order valence-electron chi connectivity index (χ2n) is 11.3. The van der Waals surface area contributed by atoms with Crippen molar-refractivity contribution in [1.29, 1.82) is 0 Å². The van der Waals surface area contributed by atoms with Crippen molar-refractivity contribution < 1.29 is 29.0 Å². The normalized spacial score (nSPS) is 20.1. The van der Waals surface area contributed by atoms with Crippen LogP contribution >= 0.6 is 0 Å². The van der Waals surface area contributed by atoms with E-state index >= 15 is 0 Å².